The number of sulfonamides is 1. The number of carbonyl (C=O) groups is 2. The first-order valence-electron chi connectivity index (χ1n) is 8.21. The molecule has 0 fully saturated rings. The second-order valence-corrected chi connectivity index (χ2v) is 7.73. The number of carbonyl (C=O) groups excluding carboxylic acids is 2. The fourth-order valence-electron chi connectivity index (χ4n) is 2.28. The quantitative estimate of drug-likeness (QED) is 0.366. The topological polar surface area (TPSA) is 145 Å². The summed E-state index contributed by atoms with van der Waals surface area (Å²) in [6.07, 6.45) is -4.99. The summed E-state index contributed by atoms with van der Waals surface area (Å²) in [4.78, 5) is 33.4. The largest absolute Gasteiger partial charge is 0.452 e. The van der Waals surface area contributed by atoms with Gasteiger partial charge >= 0.3 is 12.1 Å². The highest BCUT2D eigenvalue weighted by Gasteiger charge is 2.35. The van der Waals surface area contributed by atoms with Gasteiger partial charge in [-0.1, -0.05) is 0 Å². The molecule has 0 saturated carbocycles. The molecule has 2 aromatic rings. The number of nitrogens with one attached hydrogen (secondary N) is 2. The summed E-state index contributed by atoms with van der Waals surface area (Å²) in [5.74, 6) is -2.15. The van der Waals surface area contributed by atoms with Crippen LogP contribution in [-0.4, -0.2) is 38.9 Å². The van der Waals surface area contributed by atoms with Crippen LogP contribution in [0.1, 0.15) is 15.9 Å². The van der Waals surface area contributed by atoms with Gasteiger partial charge in [-0.05, 0) is 37.4 Å². The van der Waals surface area contributed by atoms with Gasteiger partial charge in [-0.15, -0.1) is 0 Å². The molecule has 2 aromatic carbocycles. The minimum Gasteiger partial charge on any atom is -0.452 e. The van der Waals surface area contributed by atoms with Crippen LogP contribution in [0.3, 0.4) is 0 Å². The molecule has 0 spiro atoms. The van der Waals surface area contributed by atoms with Gasteiger partial charge in [0.25, 0.3) is 11.6 Å². The number of nitro groups is 1. The molecule has 14 heteroatoms. The number of alkyl halides is 3. The maximum atomic E-state index is 13.1. The lowest BCUT2D eigenvalue weighted by Gasteiger charge is -2.13. The van der Waals surface area contributed by atoms with Crippen LogP contribution < -0.4 is 10.0 Å². The monoisotopic (exact) mass is 461 g/mol. The van der Waals surface area contributed by atoms with Crippen LogP contribution in [0.5, 0.6) is 0 Å². The SMILES string of the molecule is CNS(=O)(=O)c1ccc(C(=O)OCC(=O)Nc2ccc([N+](=O)[O-])cc2C(F)(F)F)cc1. The third kappa shape index (κ3) is 5.99. The van der Waals surface area contributed by atoms with Crippen LogP contribution >= 0.6 is 0 Å². The van der Waals surface area contributed by atoms with Crippen molar-refractivity contribution in [3.05, 3.63) is 63.7 Å². The van der Waals surface area contributed by atoms with Crippen LogP contribution in [0.2, 0.25) is 0 Å². The van der Waals surface area contributed by atoms with Crippen molar-refractivity contribution in [3.8, 4) is 0 Å². The standard InChI is InChI=1S/C17H14F3N3O7S/c1-21-31(28,29)12-5-2-10(3-6-12)16(25)30-9-15(24)22-14-7-4-11(23(26)27)8-13(14)17(18,19)20/h2-8,21H,9H2,1H3,(H,22,24). The summed E-state index contributed by atoms with van der Waals surface area (Å²) in [6, 6.07) is 6.25. The van der Waals surface area contributed by atoms with E-state index in [0.717, 1.165) is 30.3 Å². The molecular weight excluding hydrogens is 447 g/mol. The number of amides is 1. The predicted molar refractivity (Wildman–Crippen MR) is 99.7 cm³/mol. The number of hydrogen-bond acceptors (Lipinski definition) is 7. The van der Waals surface area contributed by atoms with Crippen molar-refractivity contribution in [1.29, 1.82) is 0 Å². The molecule has 2 N–H and O–H groups in total. The minimum absolute atomic E-state index is 0.103. The number of ether oxygens (including phenoxy) is 1. The van der Waals surface area contributed by atoms with E-state index in [1.165, 1.54) is 7.05 Å². The predicted octanol–water partition coefficient (Wildman–Crippen LogP) is 2.32. The van der Waals surface area contributed by atoms with Gasteiger partial charge in [-0.25, -0.2) is 17.9 Å². The van der Waals surface area contributed by atoms with Gasteiger partial charge in [-0.2, -0.15) is 13.2 Å². The molecule has 0 aliphatic rings. The molecule has 0 aromatic heterocycles. The van der Waals surface area contributed by atoms with Crippen molar-refractivity contribution in [2.45, 2.75) is 11.1 Å². The van der Waals surface area contributed by atoms with Crippen molar-refractivity contribution < 1.29 is 40.8 Å². The van der Waals surface area contributed by atoms with Crippen LogP contribution in [0.15, 0.2) is 47.4 Å². The molecule has 0 aliphatic heterocycles. The average Bonchev–Trinajstić information content (AvgIpc) is 2.71. The van der Waals surface area contributed by atoms with Gasteiger partial charge in [0.15, 0.2) is 6.61 Å². The van der Waals surface area contributed by atoms with Crippen molar-refractivity contribution in [3.63, 3.8) is 0 Å². The minimum atomic E-state index is -4.99. The molecule has 0 atom stereocenters. The van der Waals surface area contributed by atoms with Crippen LogP contribution in [0.4, 0.5) is 24.5 Å². The zero-order chi connectivity index (χ0) is 23.4. The number of esters is 1. The van der Waals surface area contributed by atoms with Crippen LogP contribution in [-0.2, 0) is 25.7 Å². The van der Waals surface area contributed by atoms with Gasteiger partial charge < -0.3 is 10.1 Å². The molecule has 10 nitrogen and oxygen atoms in total. The van der Waals surface area contributed by atoms with E-state index >= 15 is 0 Å². The van der Waals surface area contributed by atoms with E-state index in [1.54, 1.807) is 0 Å². The first-order chi connectivity index (χ1) is 14.3. The molecule has 0 bridgehead atoms. The smallest absolute Gasteiger partial charge is 0.418 e. The number of halogens is 3. The van der Waals surface area contributed by atoms with E-state index in [9.17, 15) is 41.3 Å². The molecule has 31 heavy (non-hydrogen) atoms. The van der Waals surface area contributed by atoms with Crippen molar-refractivity contribution in [2.75, 3.05) is 19.0 Å². The fraction of sp³-hybridized carbons (Fsp3) is 0.176. The molecule has 0 saturated heterocycles. The Hall–Kier alpha value is -3.52. The Labute approximate surface area is 173 Å². The Morgan fingerprint density at radius 1 is 1.13 bits per heavy atom. The summed E-state index contributed by atoms with van der Waals surface area (Å²) in [5, 5.41) is 12.6. The number of benzene rings is 2. The van der Waals surface area contributed by atoms with Crippen molar-refractivity contribution >= 4 is 33.3 Å². The number of nitro benzene ring substituents is 1. The number of rotatable bonds is 7. The highest BCUT2D eigenvalue weighted by atomic mass is 32.2. The van der Waals surface area contributed by atoms with E-state index < -0.39 is 56.5 Å². The number of anilines is 1. The van der Waals surface area contributed by atoms with Crippen molar-refractivity contribution in [2.24, 2.45) is 0 Å². The van der Waals surface area contributed by atoms with Gasteiger partial charge in [0.05, 0.1) is 26.6 Å². The lowest BCUT2D eigenvalue weighted by molar-refractivity contribution is -0.385. The van der Waals surface area contributed by atoms with E-state index in [0.29, 0.717) is 6.07 Å². The van der Waals surface area contributed by atoms with E-state index in [2.05, 4.69) is 4.72 Å². The summed E-state index contributed by atoms with van der Waals surface area (Å²) >= 11 is 0. The Morgan fingerprint density at radius 3 is 2.26 bits per heavy atom. The zero-order valence-corrected chi connectivity index (χ0v) is 16.4. The second-order valence-electron chi connectivity index (χ2n) is 5.84. The van der Waals surface area contributed by atoms with Gasteiger partial charge in [0, 0.05) is 12.1 Å². The summed E-state index contributed by atoms with van der Waals surface area (Å²) < 4.78 is 69.4. The van der Waals surface area contributed by atoms with Gasteiger partial charge in [-0.3, -0.25) is 14.9 Å². The van der Waals surface area contributed by atoms with Crippen molar-refractivity contribution in [1.82, 2.24) is 4.72 Å². The van der Waals surface area contributed by atoms with E-state index in [4.69, 9.17) is 4.74 Å². The zero-order valence-electron chi connectivity index (χ0n) is 15.6. The molecule has 1 amide bonds. The lowest BCUT2D eigenvalue weighted by atomic mass is 10.1. The highest BCUT2D eigenvalue weighted by Crippen LogP contribution is 2.37. The Bertz CT molecular complexity index is 1120. The number of nitrogens with zero attached hydrogens (tertiary/aromatic N) is 1. The third-order valence-electron chi connectivity index (χ3n) is 3.80. The second kappa shape index (κ2) is 9.09. The summed E-state index contributed by atoms with van der Waals surface area (Å²) in [6.45, 7) is -0.955. The Morgan fingerprint density at radius 2 is 1.74 bits per heavy atom. The maximum Gasteiger partial charge on any atom is 0.418 e. The fourth-order valence-corrected chi connectivity index (χ4v) is 3.01. The van der Waals surface area contributed by atoms with Gasteiger partial charge in [0.1, 0.15) is 0 Å². The van der Waals surface area contributed by atoms with Crippen LogP contribution in [0, 0.1) is 10.1 Å². The average molecular weight is 461 g/mol. The lowest BCUT2D eigenvalue weighted by Crippen LogP contribution is -2.23. The van der Waals surface area contributed by atoms with Crippen LogP contribution in [0.25, 0.3) is 0 Å². The normalized spacial score (nSPS) is 11.6. The molecule has 0 unspecified atom stereocenters. The molecule has 0 aliphatic carbocycles. The van der Waals surface area contributed by atoms with Gasteiger partial charge in [0.2, 0.25) is 10.0 Å². The Kier molecular flexibility index (Phi) is 6.97. The third-order valence-corrected chi connectivity index (χ3v) is 5.23. The number of non-ortho nitro benzene ring substituents is 1. The first-order valence-corrected chi connectivity index (χ1v) is 9.69. The summed E-state index contributed by atoms with van der Waals surface area (Å²) in [5.41, 5.74) is -3.11. The van der Waals surface area contributed by atoms with E-state index in [-0.39, 0.29) is 16.5 Å². The van der Waals surface area contributed by atoms with E-state index in [1.807, 2.05) is 5.32 Å². The maximum absolute atomic E-state index is 13.1. The molecule has 0 radical (unpaired) electrons. The molecule has 166 valence electrons. The number of hydrogen-bond donors (Lipinski definition) is 2. The molecular formula is C17H14F3N3O7S. The Balaban J connectivity index is 2.07. The molecule has 2 rings (SSSR count). The highest BCUT2D eigenvalue weighted by molar-refractivity contribution is 7.89. The molecule has 0 heterocycles. The first kappa shape index (κ1) is 23.8. The summed E-state index contributed by atoms with van der Waals surface area (Å²) in [7, 11) is -2.53.